The molecule has 0 amide bonds. The summed E-state index contributed by atoms with van der Waals surface area (Å²) >= 11 is 1.52. The van der Waals surface area contributed by atoms with Gasteiger partial charge in [-0.1, -0.05) is 17.4 Å². The summed E-state index contributed by atoms with van der Waals surface area (Å²) in [6.45, 7) is 0. The van der Waals surface area contributed by atoms with Crippen LogP contribution < -0.4 is 5.63 Å². The second kappa shape index (κ2) is 5.30. The number of hydrogen-bond donors (Lipinski definition) is 1. The number of rotatable bonds is 3. The molecule has 110 valence electrons. The number of aryl methyl sites for hydroxylation is 2. The van der Waals surface area contributed by atoms with Crippen molar-refractivity contribution >= 4 is 22.2 Å². The molecule has 7 nitrogen and oxygen atoms in total. The van der Waals surface area contributed by atoms with E-state index in [4.69, 9.17) is 4.52 Å². The van der Waals surface area contributed by atoms with Crippen LogP contribution >= 0.6 is 11.3 Å². The van der Waals surface area contributed by atoms with Crippen molar-refractivity contribution in [2.24, 2.45) is 10.2 Å². The minimum Gasteiger partial charge on any atom is -0.336 e. The first-order valence-corrected chi connectivity index (χ1v) is 7.66. The van der Waals surface area contributed by atoms with Crippen LogP contribution in [0, 0.1) is 0 Å². The molecule has 3 heterocycles. The Hall–Kier alpha value is -2.61. The Labute approximate surface area is 128 Å². The van der Waals surface area contributed by atoms with Crippen LogP contribution in [0.3, 0.4) is 0 Å². The maximum Gasteiger partial charge on any atom is 0.385 e. The first-order chi connectivity index (χ1) is 10.8. The second-order valence-electron chi connectivity index (χ2n) is 4.85. The van der Waals surface area contributed by atoms with Crippen molar-refractivity contribution < 1.29 is 4.52 Å². The third kappa shape index (κ3) is 2.27. The number of nitrogens with zero attached hydrogens (tertiary/aromatic N) is 4. The molecule has 0 saturated heterocycles. The van der Waals surface area contributed by atoms with Gasteiger partial charge in [0, 0.05) is 11.1 Å². The highest BCUT2D eigenvalue weighted by Crippen LogP contribution is 2.33. The summed E-state index contributed by atoms with van der Waals surface area (Å²) in [6.07, 6.45) is 4.82. The lowest BCUT2D eigenvalue weighted by Crippen LogP contribution is -1.90. The molecule has 0 unspecified atom stereocenters. The molecule has 0 aliphatic heterocycles. The lowest BCUT2D eigenvalue weighted by Gasteiger charge is -1.94. The van der Waals surface area contributed by atoms with Gasteiger partial charge >= 0.3 is 5.63 Å². The molecule has 0 spiro atoms. The van der Waals surface area contributed by atoms with Gasteiger partial charge in [0.2, 0.25) is 10.8 Å². The second-order valence-corrected chi connectivity index (χ2v) is 5.91. The van der Waals surface area contributed by atoms with Crippen molar-refractivity contribution in [3.63, 3.8) is 0 Å². The third-order valence-corrected chi connectivity index (χ3v) is 4.46. The molecular weight excluding hydrogens is 302 g/mol. The van der Waals surface area contributed by atoms with Crippen LogP contribution in [0.4, 0.5) is 10.8 Å². The molecule has 4 rings (SSSR count). The van der Waals surface area contributed by atoms with Gasteiger partial charge in [0.1, 0.15) is 5.69 Å². The first-order valence-electron chi connectivity index (χ1n) is 6.84. The molecule has 1 aliphatic rings. The topological polar surface area (TPSA) is 96.5 Å². The Morgan fingerprint density at radius 1 is 1.27 bits per heavy atom. The highest BCUT2D eigenvalue weighted by atomic mass is 32.1. The van der Waals surface area contributed by atoms with E-state index in [1.807, 2.05) is 6.07 Å². The van der Waals surface area contributed by atoms with E-state index in [2.05, 4.69) is 25.4 Å². The average Bonchev–Trinajstić information content (AvgIpc) is 3.20. The van der Waals surface area contributed by atoms with Gasteiger partial charge in [-0.2, -0.15) is 0 Å². The van der Waals surface area contributed by atoms with Crippen LogP contribution in [-0.2, 0) is 12.8 Å². The number of aromatic nitrogens is 3. The van der Waals surface area contributed by atoms with Gasteiger partial charge in [-0.25, -0.2) is 14.9 Å². The fourth-order valence-corrected chi connectivity index (χ4v) is 3.35. The molecular formula is C14H11N5O2S. The Kier molecular flexibility index (Phi) is 3.15. The number of pyridine rings is 1. The van der Waals surface area contributed by atoms with Crippen LogP contribution in [0.1, 0.15) is 17.0 Å². The van der Waals surface area contributed by atoms with Crippen LogP contribution in [0.2, 0.25) is 0 Å². The Bertz CT molecular complexity index is 872. The van der Waals surface area contributed by atoms with Crippen molar-refractivity contribution in [2.75, 3.05) is 0 Å². The number of nitrogens with one attached hydrogen (secondary N) is 1. The van der Waals surface area contributed by atoms with Crippen molar-refractivity contribution in [3.05, 3.63) is 45.4 Å². The average molecular weight is 313 g/mol. The summed E-state index contributed by atoms with van der Waals surface area (Å²) in [4.78, 5) is 21.6. The zero-order valence-electron chi connectivity index (χ0n) is 11.4. The number of aromatic amines is 1. The molecule has 0 saturated carbocycles. The summed E-state index contributed by atoms with van der Waals surface area (Å²) in [5, 5.41) is 11.2. The van der Waals surface area contributed by atoms with Crippen molar-refractivity contribution in [3.8, 4) is 11.4 Å². The molecule has 3 aromatic heterocycles. The molecule has 0 fully saturated rings. The van der Waals surface area contributed by atoms with Gasteiger partial charge in [-0.05, 0) is 31.4 Å². The van der Waals surface area contributed by atoms with E-state index in [1.165, 1.54) is 16.2 Å². The maximum absolute atomic E-state index is 11.8. The minimum absolute atomic E-state index is 0.106. The molecule has 3 aromatic rings. The Morgan fingerprint density at radius 3 is 3.05 bits per heavy atom. The van der Waals surface area contributed by atoms with Crippen LogP contribution in [0.5, 0.6) is 0 Å². The summed E-state index contributed by atoms with van der Waals surface area (Å²) in [5.41, 5.74) is 1.62. The van der Waals surface area contributed by atoms with E-state index < -0.39 is 5.63 Å². The monoisotopic (exact) mass is 313 g/mol. The maximum atomic E-state index is 11.8. The van der Waals surface area contributed by atoms with Gasteiger partial charge in [-0.15, -0.1) is 10.2 Å². The van der Waals surface area contributed by atoms with E-state index >= 15 is 0 Å². The van der Waals surface area contributed by atoms with Gasteiger partial charge in [0.25, 0.3) is 0 Å². The van der Waals surface area contributed by atoms with E-state index in [9.17, 15) is 4.79 Å². The van der Waals surface area contributed by atoms with E-state index in [0.717, 1.165) is 25.0 Å². The van der Waals surface area contributed by atoms with E-state index in [0.29, 0.717) is 16.5 Å². The van der Waals surface area contributed by atoms with Crippen molar-refractivity contribution in [1.82, 2.24) is 15.1 Å². The predicted molar refractivity (Wildman–Crippen MR) is 80.9 cm³/mol. The molecule has 22 heavy (non-hydrogen) atoms. The van der Waals surface area contributed by atoms with Gasteiger partial charge in [-0.3, -0.25) is 4.98 Å². The normalized spacial score (nSPS) is 13.8. The van der Waals surface area contributed by atoms with Crippen molar-refractivity contribution in [1.29, 1.82) is 0 Å². The fraction of sp³-hybridized carbons (Fsp3) is 0.214. The van der Waals surface area contributed by atoms with Crippen molar-refractivity contribution in [2.45, 2.75) is 19.3 Å². The largest absolute Gasteiger partial charge is 0.385 e. The molecule has 0 radical (unpaired) electrons. The molecule has 0 atom stereocenters. The van der Waals surface area contributed by atoms with Crippen LogP contribution in [-0.4, -0.2) is 15.1 Å². The minimum atomic E-state index is -0.575. The summed E-state index contributed by atoms with van der Waals surface area (Å²) < 4.78 is 4.81. The lowest BCUT2D eigenvalue weighted by molar-refractivity contribution is 0.394. The molecule has 0 aromatic carbocycles. The smallest absolute Gasteiger partial charge is 0.336 e. The highest BCUT2D eigenvalue weighted by Gasteiger charge is 2.18. The summed E-state index contributed by atoms with van der Waals surface area (Å²) in [7, 11) is 0. The van der Waals surface area contributed by atoms with Gasteiger partial charge in [0.05, 0.1) is 11.4 Å². The number of hydrogen-bond acceptors (Lipinski definition) is 7. The standard InChI is InChI=1S/C14H11N5O2S/c20-13-12(11(19-21-13)9-4-1-2-7-15-9)17-18-14-16-8-5-3-6-10(8)22-14/h1-2,4,7,19H,3,5-6H2. The Morgan fingerprint density at radius 2 is 2.23 bits per heavy atom. The third-order valence-electron chi connectivity index (χ3n) is 3.42. The number of azo groups is 1. The van der Waals surface area contributed by atoms with Crippen LogP contribution in [0.25, 0.3) is 11.4 Å². The number of fused-ring (bicyclic) bond motifs is 1. The lowest BCUT2D eigenvalue weighted by atomic mass is 10.2. The molecule has 1 aliphatic carbocycles. The number of H-pyrrole nitrogens is 1. The van der Waals surface area contributed by atoms with Gasteiger partial charge in [0.15, 0.2) is 0 Å². The fourth-order valence-electron chi connectivity index (χ4n) is 2.38. The summed E-state index contributed by atoms with van der Waals surface area (Å²) in [6, 6.07) is 5.37. The predicted octanol–water partition coefficient (Wildman–Crippen LogP) is 3.39. The first kappa shape index (κ1) is 13.1. The zero-order chi connectivity index (χ0) is 14.9. The summed E-state index contributed by atoms with van der Waals surface area (Å²) in [5.74, 6) is 0. The molecule has 8 heteroatoms. The zero-order valence-corrected chi connectivity index (χ0v) is 12.3. The number of thiazole rings is 1. The van der Waals surface area contributed by atoms with E-state index in [-0.39, 0.29) is 5.69 Å². The quantitative estimate of drug-likeness (QED) is 0.749. The highest BCUT2D eigenvalue weighted by molar-refractivity contribution is 7.15. The molecule has 1 N–H and O–H groups in total. The SMILES string of the molecule is O=c1o[nH]c(-c2ccccn2)c1N=Nc1nc2c(s1)CCC2. The molecule has 0 bridgehead atoms. The van der Waals surface area contributed by atoms with E-state index in [1.54, 1.807) is 18.3 Å². The van der Waals surface area contributed by atoms with Gasteiger partial charge < -0.3 is 4.52 Å². The van der Waals surface area contributed by atoms with Crippen LogP contribution in [0.15, 0.2) is 43.9 Å². The Balaban J connectivity index is 1.69.